The fourth-order valence-electron chi connectivity index (χ4n) is 1.93. The Labute approximate surface area is 128 Å². The van der Waals surface area contributed by atoms with Crippen LogP contribution in [-0.4, -0.2) is 34.9 Å². The summed E-state index contributed by atoms with van der Waals surface area (Å²) in [5.41, 5.74) is 3.28. The zero-order valence-electron chi connectivity index (χ0n) is 12.3. The number of rotatable bonds is 5. The molecule has 0 bridgehead atoms. The van der Waals surface area contributed by atoms with Gasteiger partial charge in [-0.05, 0) is 16.7 Å². The molecular formula is C17H19NO2S. The van der Waals surface area contributed by atoms with Gasteiger partial charge in [0.15, 0.2) is 0 Å². The Bertz CT molecular complexity index is 621. The standard InChI is InChI=1S/C17H19NO2S/c1-18(2)17(19)13-21(20)12-14-8-10-16(11-9-14)15-6-4-3-5-7-15/h3-11H,12-13H2,1-2H3/t21-/m1/s1. The normalized spacial score (nSPS) is 11.9. The molecule has 0 unspecified atom stereocenters. The lowest BCUT2D eigenvalue weighted by Crippen LogP contribution is -2.27. The van der Waals surface area contributed by atoms with E-state index in [1.807, 2.05) is 42.5 Å². The molecule has 0 heterocycles. The summed E-state index contributed by atoms with van der Waals surface area (Å²) < 4.78 is 11.9. The molecule has 1 atom stereocenters. The van der Waals surface area contributed by atoms with Crippen molar-refractivity contribution in [3.8, 4) is 11.1 Å². The van der Waals surface area contributed by atoms with Gasteiger partial charge in [0, 0.05) is 30.6 Å². The van der Waals surface area contributed by atoms with E-state index < -0.39 is 10.8 Å². The highest BCUT2D eigenvalue weighted by Gasteiger charge is 2.10. The van der Waals surface area contributed by atoms with Crippen LogP contribution >= 0.6 is 0 Å². The topological polar surface area (TPSA) is 37.4 Å². The molecule has 0 aliphatic heterocycles. The predicted molar refractivity (Wildman–Crippen MR) is 87.3 cm³/mol. The number of hydrogen-bond donors (Lipinski definition) is 0. The van der Waals surface area contributed by atoms with E-state index >= 15 is 0 Å². The second-order valence-electron chi connectivity index (χ2n) is 5.08. The van der Waals surface area contributed by atoms with E-state index in [1.165, 1.54) is 4.90 Å². The molecule has 110 valence electrons. The summed E-state index contributed by atoms with van der Waals surface area (Å²) in [6, 6.07) is 18.1. The van der Waals surface area contributed by atoms with Gasteiger partial charge in [0.25, 0.3) is 0 Å². The maximum atomic E-state index is 11.9. The molecule has 0 N–H and O–H groups in total. The van der Waals surface area contributed by atoms with Crippen molar-refractivity contribution in [2.75, 3.05) is 19.8 Å². The van der Waals surface area contributed by atoms with Crippen molar-refractivity contribution in [3.63, 3.8) is 0 Å². The van der Waals surface area contributed by atoms with Crippen LogP contribution in [0, 0.1) is 0 Å². The van der Waals surface area contributed by atoms with Crippen molar-refractivity contribution in [1.82, 2.24) is 4.90 Å². The Morgan fingerprint density at radius 3 is 2.10 bits per heavy atom. The SMILES string of the molecule is CN(C)C(=O)C[S@](=O)Cc1ccc(-c2ccccc2)cc1. The molecule has 21 heavy (non-hydrogen) atoms. The third-order valence-corrected chi connectivity index (χ3v) is 4.40. The van der Waals surface area contributed by atoms with Crippen LogP contribution in [-0.2, 0) is 21.3 Å². The van der Waals surface area contributed by atoms with E-state index in [-0.39, 0.29) is 11.7 Å². The van der Waals surface area contributed by atoms with Crippen LogP contribution in [0.5, 0.6) is 0 Å². The van der Waals surface area contributed by atoms with Crippen LogP contribution in [0.1, 0.15) is 5.56 Å². The number of carbonyl (C=O) groups is 1. The van der Waals surface area contributed by atoms with Crippen molar-refractivity contribution in [1.29, 1.82) is 0 Å². The third kappa shape index (κ3) is 4.53. The molecule has 2 aromatic rings. The monoisotopic (exact) mass is 301 g/mol. The maximum absolute atomic E-state index is 11.9. The average molecular weight is 301 g/mol. The van der Waals surface area contributed by atoms with Crippen molar-refractivity contribution in [2.24, 2.45) is 0 Å². The van der Waals surface area contributed by atoms with Gasteiger partial charge in [-0.25, -0.2) is 0 Å². The first-order valence-corrected chi connectivity index (χ1v) is 8.24. The number of carbonyl (C=O) groups excluding carboxylic acids is 1. The molecule has 0 saturated heterocycles. The highest BCUT2D eigenvalue weighted by molar-refractivity contribution is 7.84. The molecule has 0 aromatic heterocycles. The molecule has 0 fully saturated rings. The second kappa shape index (κ2) is 7.18. The Hall–Kier alpha value is -1.94. The van der Waals surface area contributed by atoms with Crippen molar-refractivity contribution >= 4 is 16.7 Å². The van der Waals surface area contributed by atoms with Gasteiger partial charge < -0.3 is 4.90 Å². The molecule has 0 spiro atoms. The quantitative estimate of drug-likeness (QED) is 0.851. The third-order valence-electron chi connectivity index (χ3n) is 3.17. The van der Waals surface area contributed by atoms with Gasteiger partial charge in [-0.3, -0.25) is 9.00 Å². The minimum Gasteiger partial charge on any atom is -0.348 e. The Kier molecular flexibility index (Phi) is 5.28. The molecule has 0 aliphatic carbocycles. The Morgan fingerprint density at radius 2 is 1.52 bits per heavy atom. The van der Waals surface area contributed by atoms with Crippen LogP contribution in [0.4, 0.5) is 0 Å². The zero-order chi connectivity index (χ0) is 15.2. The molecule has 2 aromatic carbocycles. The molecule has 0 saturated carbocycles. The lowest BCUT2D eigenvalue weighted by molar-refractivity contribution is -0.125. The van der Waals surface area contributed by atoms with Crippen LogP contribution in [0.3, 0.4) is 0 Å². The van der Waals surface area contributed by atoms with E-state index in [0.29, 0.717) is 5.75 Å². The maximum Gasteiger partial charge on any atom is 0.234 e. The van der Waals surface area contributed by atoms with Gasteiger partial charge >= 0.3 is 0 Å². The lowest BCUT2D eigenvalue weighted by atomic mass is 10.0. The molecule has 3 nitrogen and oxygen atoms in total. The average Bonchev–Trinajstić information content (AvgIpc) is 2.48. The van der Waals surface area contributed by atoms with Gasteiger partial charge in [-0.2, -0.15) is 0 Å². The van der Waals surface area contributed by atoms with Crippen molar-refractivity contribution in [2.45, 2.75) is 5.75 Å². The van der Waals surface area contributed by atoms with Gasteiger partial charge in [0.05, 0.1) is 0 Å². The Morgan fingerprint density at radius 1 is 0.952 bits per heavy atom. The summed E-state index contributed by atoms with van der Waals surface area (Å²) in [6.45, 7) is 0. The summed E-state index contributed by atoms with van der Waals surface area (Å²) in [7, 11) is 2.19. The first-order chi connectivity index (χ1) is 10.1. The van der Waals surface area contributed by atoms with Crippen molar-refractivity contribution in [3.05, 3.63) is 60.2 Å². The van der Waals surface area contributed by atoms with Crippen LogP contribution < -0.4 is 0 Å². The summed E-state index contributed by atoms with van der Waals surface area (Å²) in [5, 5.41) is 0. The number of hydrogen-bond acceptors (Lipinski definition) is 2. The lowest BCUT2D eigenvalue weighted by Gasteiger charge is -2.10. The van der Waals surface area contributed by atoms with Crippen LogP contribution in [0.15, 0.2) is 54.6 Å². The van der Waals surface area contributed by atoms with Crippen LogP contribution in [0.2, 0.25) is 0 Å². The van der Waals surface area contributed by atoms with Crippen molar-refractivity contribution < 1.29 is 9.00 Å². The fourth-order valence-corrected chi connectivity index (χ4v) is 3.13. The smallest absolute Gasteiger partial charge is 0.234 e. The van der Waals surface area contributed by atoms with E-state index in [9.17, 15) is 9.00 Å². The summed E-state index contributed by atoms with van der Waals surface area (Å²) in [4.78, 5) is 13.0. The van der Waals surface area contributed by atoms with Gasteiger partial charge in [0.2, 0.25) is 5.91 Å². The fraction of sp³-hybridized carbons (Fsp3) is 0.235. The molecule has 0 radical (unpaired) electrons. The van der Waals surface area contributed by atoms with Gasteiger partial charge in [-0.15, -0.1) is 0 Å². The molecule has 1 amide bonds. The van der Waals surface area contributed by atoms with E-state index in [2.05, 4.69) is 12.1 Å². The highest BCUT2D eigenvalue weighted by atomic mass is 32.2. The Balaban J connectivity index is 2.00. The zero-order valence-corrected chi connectivity index (χ0v) is 13.1. The molecular weight excluding hydrogens is 282 g/mol. The summed E-state index contributed by atoms with van der Waals surface area (Å²) in [5.74, 6) is 0.386. The van der Waals surface area contributed by atoms with Crippen LogP contribution in [0.25, 0.3) is 11.1 Å². The first kappa shape index (κ1) is 15.4. The minimum absolute atomic E-state index is 0.0768. The molecule has 2 rings (SSSR count). The minimum atomic E-state index is -1.16. The van der Waals surface area contributed by atoms with Gasteiger partial charge in [0.1, 0.15) is 5.75 Å². The number of benzene rings is 2. The van der Waals surface area contributed by atoms with E-state index in [4.69, 9.17) is 0 Å². The number of nitrogens with zero attached hydrogens (tertiary/aromatic N) is 1. The summed E-state index contributed by atoms with van der Waals surface area (Å²) in [6.07, 6.45) is 0. The largest absolute Gasteiger partial charge is 0.348 e. The molecule has 4 heteroatoms. The van der Waals surface area contributed by atoms with E-state index in [1.54, 1.807) is 14.1 Å². The highest BCUT2D eigenvalue weighted by Crippen LogP contribution is 2.19. The van der Waals surface area contributed by atoms with Gasteiger partial charge in [-0.1, -0.05) is 54.6 Å². The molecule has 0 aliphatic rings. The second-order valence-corrected chi connectivity index (χ2v) is 6.54. The number of amides is 1. The first-order valence-electron chi connectivity index (χ1n) is 6.76. The predicted octanol–water partition coefficient (Wildman–Crippen LogP) is 2.69. The summed E-state index contributed by atoms with van der Waals surface area (Å²) >= 11 is 0. The van der Waals surface area contributed by atoms with E-state index in [0.717, 1.165) is 16.7 Å².